The molecule has 1 amide bonds. The fraction of sp³-hybridized carbons (Fsp3) is 0.190. The minimum atomic E-state index is 0.0379. The van der Waals surface area contributed by atoms with Gasteiger partial charge in [-0.2, -0.15) is 0 Å². The van der Waals surface area contributed by atoms with Crippen LogP contribution in [0.2, 0.25) is 0 Å². The van der Waals surface area contributed by atoms with E-state index in [9.17, 15) is 4.79 Å². The second kappa shape index (κ2) is 7.28. The van der Waals surface area contributed by atoms with E-state index >= 15 is 0 Å². The fourth-order valence-corrected chi connectivity index (χ4v) is 2.92. The molecule has 0 saturated heterocycles. The van der Waals surface area contributed by atoms with Crippen LogP contribution in [0.25, 0.3) is 10.8 Å². The van der Waals surface area contributed by atoms with Gasteiger partial charge in [-0.15, -0.1) is 0 Å². The van der Waals surface area contributed by atoms with E-state index in [1.54, 1.807) is 0 Å². The summed E-state index contributed by atoms with van der Waals surface area (Å²) < 4.78 is 0. The zero-order chi connectivity index (χ0) is 16.9. The number of carbonyl (C=O) groups is 1. The van der Waals surface area contributed by atoms with Gasteiger partial charge in [0.15, 0.2) is 6.54 Å². The molecule has 122 valence electrons. The van der Waals surface area contributed by atoms with Gasteiger partial charge >= 0.3 is 0 Å². The molecule has 3 nitrogen and oxygen atoms in total. The van der Waals surface area contributed by atoms with Crippen molar-refractivity contribution < 1.29 is 9.69 Å². The Hall–Kier alpha value is -2.65. The van der Waals surface area contributed by atoms with Crippen LogP contribution in [0.4, 0.5) is 5.69 Å². The number of carbonyl (C=O) groups excluding carboxylic acids is 1. The molecule has 0 heterocycles. The number of hydrogen-bond acceptors (Lipinski definition) is 1. The van der Waals surface area contributed by atoms with Crippen LogP contribution in [0.5, 0.6) is 0 Å². The van der Waals surface area contributed by atoms with Crippen molar-refractivity contribution in [1.29, 1.82) is 0 Å². The molecule has 0 aliphatic carbocycles. The Morgan fingerprint density at radius 1 is 0.958 bits per heavy atom. The summed E-state index contributed by atoms with van der Waals surface area (Å²) in [5, 5.41) is 5.26. The molecule has 24 heavy (non-hydrogen) atoms. The predicted octanol–water partition coefficient (Wildman–Crippen LogP) is 2.80. The summed E-state index contributed by atoms with van der Waals surface area (Å²) in [6.45, 7) is 3.36. The van der Waals surface area contributed by atoms with Crippen molar-refractivity contribution in [3.8, 4) is 0 Å². The van der Waals surface area contributed by atoms with Crippen LogP contribution < -0.4 is 10.2 Å². The normalized spacial score (nSPS) is 12.1. The fourth-order valence-electron chi connectivity index (χ4n) is 2.92. The van der Waals surface area contributed by atoms with Gasteiger partial charge in [0.1, 0.15) is 6.54 Å². The monoisotopic (exact) mass is 319 g/mol. The van der Waals surface area contributed by atoms with E-state index in [1.165, 1.54) is 11.1 Å². The van der Waals surface area contributed by atoms with E-state index in [2.05, 4.69) is 48.6 Å². The molecule has 0 aliphatic heterocycles. The van der Waals surface area contributed by atoms with Gasteiger partial charge in [0.05, 0.1) is 7.05 Å². The van der Waals surface area contributed by atoms with Crippen molar-refractivity contribution >= 4 is 22.4 Å². The standard InChI is InChI=1S/C21H22N2O/c1-16-10-12-17(13-11-16)14-23(2)15-21(24)22-20-9-5-7-18-6-3-4-8-19(18)20/h3-13H,14-15H2,1-2H3,(H,22,24)/p+1. The minimum absolute atomic E-state index is 0.0379. The quantitative estimate of drug-likeness (QED) is 0.745. The molecule has 3 heteroatoms. The first kappa shape index (κ1) is 16.2. The molecule has 1 unspecified atom stereocenters. The summed E-state index contributed by atoms with van der Waals surface area (Å²) in [7, 11) is 2.04. The number of amides is 1. The van der Waals surface area contributed by atoms with E-state index in [1.807, 2.05) is 37.4 Å². The number of rotatable bonds is 5. The first-order chi connectivity index (χ1) is 11.6. The molecule has 2 N–H and O–H groups in total. The number of benzene rings is 3. The second-order valence-corrected chi connectivity index (χ2v) is 6.37. The predicted molar refractivity (Wildman–Crippen MR) is 99.2 cm³/mol. The molecule has 0 spiro atoms. The number of nitrogens with one attached hydrogen (secondary N) is 2. The summed E-state index contributed by atoms with van der Waals surface area (Å²) in [4.78, 5) is 13.5. The molecule has 3 aromatic carbocycles. The Balaban J connectivity index is 1.63. The zero-order valence-corrected chi connectivity index (χ0v) is 14.2. The number of fused-ring (bicyclic) bond motifs is 1. The number of quaternary nitrogens is 1. The van der Waals surface area contributed by atoms with Crippen molar-refractivity contribution in [1.82, 2.24) is 0 Å². The van der Waals surface area contributed by atoms with Gasteiger partial charge in [-0.1, -0.05) is 66.2 Å². The van der Waals surface area contributed by atoms with E-state index in [0.717, 1.165) is 27.9 Å². The summed E-state index contributed by atoms with van der Waals surface area (Å²) >= 11 is 0. The molecule has 0 saturated carbocycles. The highest BCUT2D eigenvalue weighted by atomic mass is 16.2. The highest BCUT2D eigenvalue weighted by Crippen LogP contribution is 2.22. The molecule has 0 aliphatic rings. The summed E-state index contributed by atoms with van der Waals surface area (Å²) in [6, 6.07) is 22.5. The molecular formula is C21H23N2O+. The molecule has 0 aromatic heterocycles. The molecule has 3 aromatic rings. The van der Waals surface area contributed by atoms with Crippen LogP contribution in [0.3, 0.4) is 0 Å². The van der Waals surface area contributed by atoms with E-state index in [-0.39, 0.29) is 5.91 Å². The average Bonchev–Trinajstić information content (AvgIpc) is 2.57. The van der Waals surface area contributed by atoms with Gasteiger partial charge in [-0.25, -0.2) is 0 Å². The maximum atomic E-state index is 12.4. The molecule has 0 radical (unpaired) electrons. The van der Waals surface area contributed by atoms with Gasteiger partial charge in [0, 0.05) is 16.6 Å². The Kier molecular flexibility index (Phi) is 4.92. The lowest BCUT2D eigenvalue weighted by Gasteiger charge is -2.15. The maximum Gasteiger partial charge on any atom is 0.279 e. The van der Waals surface area contributed by atoms with Crippen LogP contribution in [0, 0.1) is 6.92 Å². The van der Waals surface area contributed by atoms with Crippen molar-refractivity contribution in [3.63, 3.8) is 0 Å². The lowest BCUT2D eigenvalue weighted by molar-refractivity contribution is -0.885. The molecule has 1 atom stereocenters. The Morgan fingerprint density at radius 2 is 1.67 bits per heavy atom. The van der Waals surface area contributed by atoms with Gasteiger partial charge in [0.2, 0.25) is 0 Å². The third kappa shape index (κ3) is 4.00. The number of likely N-dealkylation sites (N-methyl/N-ethyl adjacent to an activating group) is 1. The number of aryl methyl sites for hydroxylation is 1. The zero-order valence-electron chi connectivity index (χ0n) is 14.2. The Labute approximate surface area is 142 Å². The summed E-state index contributed by atoms with van der Waals surface area (Å²) in [5.74, 6) is 0.0379. The van der Waals surface area contributed by atoms with Crippen molar-refractivity contribution in [2.45, 2.75) is 13.5 Å². The largest absolute Gasteiger partial charge is 0.326 e. The Morgan fingerprint density at radius 3 is 2.46 bits per heavy atom. The van der Waals surface area contributed by atoms with Crippen molar-refractivity contribution in [3.05, 3.63) is 77.9 Å². The van der Waals surface area contributed by atoms with Gasteiger partial charge < -0.3 is 10.2 Å². The van der Waals surface area contributed by atoms with Crippen LogP contribution in [0.15, 0.2) is 66.7 Å². The third-order valence-corrected chi connectivity index (χ3v) is 4.15. The van der Waals surface area contributed by atoms with Gasteiger partial charge in [-0.3, -0.25) is 4.79 Å². The van der Waals surface area contributed by atoms with Crippen LogP contribution in [-0.4, -0.2) is 19.5 Å². The van der Waals surface area contributed by atoms with Crippen LogP contribution in [0.1, 0.15) is 11.1 Å². The third-order valence-electron chi connectivity index (χ3n) is 4.15. The smallest absolute Gasteiger partial charge is 0.279 e. The lowest BCUT2D eigenvalue weighted by Crippen LogP contribution is -3.08. The molecular weight excluding hydrogens is 296 g/mol. The first-order valence-electron chi connectivity index (χ1n) is 8.26. The highest BCUT2D eigenvalue weighted by molar-refractivity contribution is 6.02. The topological polar surface area (TPSA) is 33.5 Å². The first-order valence-corrected chi connectivity index (χ1v) is 8.26. The SMILES string of the molecule is Cc1ccc(C[NH+](C)CC(=O)Nc2cccc3ccccc23)cc1. The second-order valence-electron chi connectivity index (χ2n) is 6.37. The van der Waals surface area contributed by atoms with Crippen LogP contribution >= 0.6 is 0 Å². The average molecular weight is 319 g/mol. The summed E-state index contributed by atoms with van der Waals surface area (Å²) in [5.41, 5.74) is 3.38. The minimum Gasteiger partial charge on any atom is -0.326 e. The number of hydrogen-bond donors (Lipinski definition) is 2. The molecule has 3 rings (SSSR count). The van der Waals surface area contributed by atoms with E-state index in [0.29, 0.717) is 6.54 Å². The van der Waals surface area contributed by atoms with Crippen molar-refractivity contribution in [2.75, 3.05) is 18.9 Å². The van der Waals surface area contributed by atoms with Gasteiger partial charge in [0.25, 0.3) is 5.91 Å². The van der Waals surface area contributed by atoms with Gasteiger partial charge in [-0.05, 0) is 18.4 Å². The Bertz CT molecular complexity index is 835. The lowest BCUT2D eigenvalue weighted by atomic mass is 10.1. The van der Waals surface area contributed by atoms with Crippen LogP contribution in [-0.2, 0) is 11.3 Å². The molecule has 0 bridgehead atoms. The highest BCUT2D eigenvalue weighted by Gasteiger charge is 2.12. The maximum absolute atomic E-state index is 12.4. The van der Waals surface area contributed by atoms with E-state index < -0.39 is 0 Å². The van der Waals surface area contributed by atoms with E-state index in [4.69, 9.17) is 0 Å². The summed E-state index contributed by atoms with van der Waals surface area (Å²) in [6.07, 6.45) is 0. The van der Waals surface area contributed by atoms with Crippen molar-refractivity contribution in [2.24, 2.45) is 0 Å². The number of anilines is 1. The molecule has 0 fully saturated rings.